The molecule has 4 rings (SSSR count). The zero-order valence-electron chi connectivity index (χ0n) is 17.9. The van der Waals surface area contributed by atoms with Crippen LogP contribution in [-0.4, -0.2) is 39.0 Å². The lowest BCUT2D eigenvalue weighted by Gasteiger charge is -2.27. The Bertz CT molecular complexity index is 1050. The van der Waals surface area contributed by atoms with Crippen LogP contribution in [0.3, 0.4) is 0 Å². The molecule has 0 fully saturated rings. The minimum absolute atomic E-state index is 0.0669. The summed E-state index contributed by atoms with van der Waals surface area (Å²) in [6.07, 6.45) is 1.29. The monoisotopic (exact) mass is 434 g/mol. The summed E-state index contributed by atoms with van der Waals surface area (Å²) in [6.45, 7) is 6.13. The van der Waals surface area contributed by atoms with E-state index >= 15 is 0 Å². The highest BCUT2D eigenvalue weighted by molar-refractivity contribution is 8.15. The molecule has 2 aliphatic heterocycles. The summed E-state index contributed by atoms with van der Waals surface area (Å²) >= 11 is 1.32. The molecule has 2 heterocycles. The molecule has 2 aliphatic rings. The van der Waals surface area contributed by atoms with E-state index < -0.39 is 6.04 Å². The van der Waals surface area contributed by atoms with E-state index in [0.717, 1.165) is 16.9 Å². The van der Waals surface area contributed by atoms with E-state index in [9.17, 15) is 9.59 Å². The average Bonchev–Trinajstić information content (AvgIpc) is 3.08. The highest BCUT2D eigenvalue weighted by Gasteiger charge is 2.42. The standard InChI is InChI=1S/C24H26N4O2S/c1-4-20(22(29)25-16-10-6-5-7-11-16)31-24-27-18-13-9-8-12-17(18)21-26-19(14-15(2)3)23(30)28(21)24/h5-13,15,19-20H,4,14H2,1-3H3,(H,25,29). The predicted molar refractivity (Wildman–Crippen MR) is 127 cm³/mol. The van der Waals surface area contributed by atoms with Crippen molar-refractivity contribution >= 4 is 46.0 Å². The number of amides is 2. The number of amidine groups is 2. The topological polar surface area (TPSA) is 74.1 Å². The van der Waals surface area contributed by atoms with Gasteiger partial charge in [-0.05, 0) is 43.0 Å². The molecule has 7 heteroatoms. The highest BCUT2D eigenvalue weighted by Crippen LogP contribution is 2.36. The lowest BCUT2D eigenvalue weighted by Crippen LogP contribution is -2.42. The molecule has 1 N–H and O–H groups in total. The largest absolute Gasteiger partial charge is 0.325 e. The van der Waals surface area contributed by atoms with Crippen molar-refractivity contribution in [1.29, 1.82) is 0 Å². The summed E-state index contributed by atoms with van der Waals surface area (Å²) in [7, 11) is 0. The van der Waals surface area contributed by atoms with Crippen LogP contribution < -0.4 is 5.32 Å². The van der Waals surface area contributed by atoms with Gasteiger partial charge in [-0.1, -0.05) is 62.9 Å². The molecule has 0 aromatic heterocycles. The lowest BCUT2D eigenvalue weighted by molar-refractivity contribution is -0.125. The first-order chi connectivity index (χ1) is 15.0. The van der Waals surface area contributed by atoms with Crippen LogP contribution in [0.1, 0.15) is 39.2 Å². The minimum Gasteiger partial charge on any atom is -0.325 e. The third kappa shape index (κ3) is 4.42. The zero-order valence-corrected chi connectivity index (χ0v) is 18.7. The van der Waals surface area contributed by atoms with Gasteiger partial charge in [-0.2, -0.15) is 0 Å². The van der Waals surface area contributed by atoms with Crippen LogP contribution in [0.2, 0.25) is 0 Å². The maximum absolute atomic E-state index is 13.2. The van der Waals surface area contributed by atoms with Crippen molar-refractivity contribution in [3.8, 4) is 0 Å². The molecule has 0 saturated heterocycles. The number of benzene rings is 2. The number of fused-ring (bicyclic) bond motifs is 3. The summed E-state index contributed by atoms with van der Waals surface area (Å²) in [4.78, 5) is 37.3. The molecule has 2 unspecified atom stereocenters. The summed E-state index contributed by atoms with van der Waals surface area (Å²) < 4.78 is 0. The molecule has 160 valence electrons. The van der Waals surface area contributed by atoms with Crippen LogP contribution in [0, 0.1) is 5.92 Å². The van der Waals surface area contributed by atoms with Gasteiger partial charge in [0.1, 0.15) is 11.9 Å². The van der Waals surface area contributed by atoms with Crippen molar-refractivity contribution < 1.29 is 9.59 Å². The number of hydrogen-bond acceptors (Lipinski definition) is 5. The van der Waals surface area contributed by atoms with Crippen molar-refractivity contribution in [2.45, 2.75) is 44.9 Å². The first kappa shape index (κ1) is 21.3. The SMILES string of the molecule is CCC(SC1=Nc2ccccc2C2=NC(CC(C)C)C(=O)N12)C(=O)Nc1ccccc1. The van der Waals surface area contributed by atoms with Crippen molar-refractivity contribution in [2.75, 3.05) is 5.32 Å². The molecule has 0 bridgehead atoms. The van der Waals surface area contributed by atoms with Crippen LogP contribution in [-0.2, 0) is 9.59 Å². The van der Waals surface area contributed by atoms with Crippen LogP contribution in [0.4, 0.5) is 11.4 Å². The molecule has 0 saturated carbocycles. The van der Waals surface area contributed by atoms with Crippen molar-refractivity contribution in [2.24, 2.45) is 15.9 Å². The molecule has 0 spiro atoms. The number of para-hydroxylation sites is 2. The quantitative estimate of drug-likeness (QED) is 0.707. The van der Waals surface area contributed by atoms with E-state index in [1.807, 2.05) is 61.5 Å². The van der Waals surface area contributed by atoms with Gasteiger partial charge in [0.05, 0.1) is 10.9 Å². The van der Waals surface area contributed by atoms with Gasteiger partial charge in [-0.15, -0.1) is 0 Å². The number of thioether (sulfide) groups is 1. The smallest absolute Gasteiger partial charge is 0.259 e. The van der Waals surface area contributed by atoms with Crippen molar-refractivity contribution in [3.05, 3.63) is 60.2 Å². The zero-order chi connectivity index (χ0) is 22.0. The Balaban J connectivity index is 1.62. The molecule has 31 heavy (non-hydrogen) atoms. The van der Waals surface area contributed by atoms with Gasteiger partial charge < -0.3 is 5.32 Å². The van der Waals surface area contributed by atoms with Gasteiger partial charge in [0, 0.05) is 11.3 Å². The Kier molecular flexibility index (Phi) is 6.23. The molecule has 0 radical (unpaired) electrons. The molecule has 2 atom stereocenters. The summed E-state index contributed by atoms with van der Waals surface area (Å²) in [5.74, 6) is 0.817. The maximum Gasteiger partial charge on any atom is 0.259 e. The van der Waals surface area contributed by atoms with E-state index in [1.165, 1.54) is 11.8 Å². The van der Waals surface area contributed by atoms with E-state index in [2.05, 4.69) is 19.2 Å². The van der Waals surface area contributed by atoms with E-state index in [0.29, 0.717) is 29.8 Å². The third-order valence-corrected chi connectivity index (χ3v) is 6.51. The van der Waals surface area contributed by atoms with Gasteiger partial charge in [0.2, 0.25) is 5.91 Å². The maximum atomic E-state index is 13.2. The molecule has 6 nitrogen and oxygen atoms in total. The molecule has 2 aromatic carbocycles. The van der Waals surface area contributed by atoms with Gasteiger partial charge in [-0.25, -0.2) is 9.89 Å². The number of aliphatic imine (C=N–C) groups is 2. The van der Waals surface area contributed by atoms with Gasteiger partial charge >= 0.3 is 0 Å². The molecular weight excluding hydrogens is 408 g/mol. The van der Waals surface area contributed by atoms with Crippen LogP contribution in [0.15, 0.2) is 64.6 Å². The van der Waals surface area contributed by atoms with Gasteiger partial charge in [0.15, 0.2) is 5.17 Å². The van der Waals surface area contributed by atoms with Gasteiger partial charge in [-0.3, -0.25) is 14.6 Å². The van der Waals surface area contributed by atoms with E-state index in [4.69, 9.17) is 9.98 Å². The normalized spacial score (nSPS) is 18.3. The number of carbonyl (C=O) groups excluding carboxylic acids is 2. The fraction of sp³-hybridized carbons (Fsp3) is 0.333. The second-order valence-corrected chi connectivity index (χ2v) is 9.22. The Morgan fingerprint density at radius 3 is 2.55 bits per heavy atom. The predicted octanol–water partition coefficient (Wildman–Crippen LogP) is 4.84. The minimum atomic E-state index is -0.412. The van der Waals surface area contributed by atoms with Crippen molar-refractivity contribution in [3.63, 3.8) is 0 Å². The fourth-order valence-corrected chi connectivity index (χ4v) is 4.69. The number of nitrogens with zero attached hydrogens (tertiary/aromatic N) is 3. The molecule has 0 aliphatic carbocycles. The number of carbonyl (C=O) groups is 2. The van der Waals surface area contributed by atoms with Crippen molar-refractivity contribution in [1.82, 2.24) is 4.90 Å². The summed E-state index contributed by atoms with van der Waals surface area (Å²) in [6, 6.07) is 16.7. The molecule has 2 amide bonds. The van der Waals surface area contributed by atoms with E-state index in [1.54, 1.807) is 4.90 Å². The second kappa shape index (κ2) is 9.06. The highest BCUT2D eigenvalue weighted by atomic mass is 32.2. The fourth-order valence-electron chi connectivity index (χ4n) is 3.67. The second-order valence-electron chi connectivity index (χ2n) is 8.05. The number of anilines is 1. The first-order valence-electron chi connectivity index (χ1n) is 10.6. The average molecular weight is 435 g/mol. The Morgan fingerprint density at radius 2 is 1.84 bits per heavy atom. The Labute approximate surface area is 186 Å². The Morgan fingerprint density at radius 1 is 1.13 bits per heavy atom. The van der Waals surface area contributed by atoms with Crippen LogP contribution in [0.25, 0.3) is 0 Å². The lowest BCUT2D eigenvalue weighted by atomic mass is 10.0. The Hall–Kier alpha value is -2.93. The van der Waals surface area contributed by atoms with Crippen LogP contribution in [0.5, 0.6) is 0 Å². The van der Waals surface area contributed by atoms with Gasteiger partial charge in [0.25, 0.3) is 5.91 Å². The first-order valence-corrected chi connectivity index (χ1v) is 11.5. The number of hydrogen-bond donors (Lipinski definition) is 1. The van der Waals surface area contributed by atoms with E-state index in [-0.39, 0.29) is 17.1 Å². The number of nitrogens with one attached hydrogen (secondary N) is 1. The van der Waals surface area contributed by atoms with Crippen LogP contribution >= 0.6 is 11.8 Å². The number of rotatable bonds is 6. The molecule has 2 aromatic rings. The molecular formula is C24H26N4O2S. The summed E-state index contributed by atoms with van der Waals surface area (Å²) in [5.41, 5.74) is 2.38. The third-order valence-electron chi connectivity index (χ3n) is 5.19. The summed E-state index contributed by atoms with van der Waals surface area (Å²) in [5, 5.41) is 3.09.